The Kier molecular flexibility index (Phi) is 6.20. The molecule has 0 fully saturated rings. The van der Waals surface area contributed by atoms with E-state index >= 15 is 0 Å². The molecule has 27 heavy (non-hydrogen) atoms. The highest BCUT2D eigenvalue weighted by molar-refractivity contribution is 9.10. The number of ether oxygens (including phenoxy) is 1. The van der Waals surface area contributed by atoms with Crippen molar-refractivity contribution in [2.24, 2.45) is 0 Å². The summed E-state index contributed by atoms with van der Waals surface area (Å²) in [7, 11) is 0. The summed E-state index contributed by atoms with van der Waals surface area (Å²) in [4.78, 5) is 28.2. The van der Waals surface area contributed by atoms with Crippen molar-refractivity contribution in [3.8, 4) is 11.3 Å². The predicted molar refractivity (Wildman–Crippen MR) is 106 cm³/mol. The van der Waals surface area contributed by atoms with E-state index in [1.807, 2.05) is 29.6 Å². The van der Waals surface area contributed by atoms with Crippen LogP contribution >= 0.6 is 38.9 Å². The maximum absolute atomic E-state index is 13.0. The number of thiazole rings is 1. The quantitative estimate of drug-likeness (QED) is 0.524. The monoisotopic (exact) mass is 468 g/mol. The van der Waals surface area contributed by atoms with E-state index in [0.29, 0.717) is 10.8 Å². The first-order valence-electron chi connectivity index (χ1n) is 7.56. The standard InChI is InChI=1S/C18H11BrClFN2O3S/c19-11-3-1-2-10(6-11)15-9-27-18(22-15)23-16(24)8-26-17(25)13-5-4-12(21)7-14(13)20/h1-7,9H,8H2,(H,22,23,24). The van der Waals surface area contributed by atoms with Crippen LogP contribution in [0.2, 0.25) is 5.02 Å². The maximum atomic E-state index is 13.0. The molecule has 0 radical (unpaired) electrons. The van der Waals surface area contributed by atoms with Crippen LogP contribution in [0, 0.1) is 5.82 Å². The fourth-order valence-electron chi connectivity index (χ4n) is 2.13. The molecule has 0 aliphatic carbocycles. The lowest BCUT2D eigenvalue weighted by Gasteiger charge is -2.06. The van der Waals surface area contributed by atoms with E-state index in [9.17, 15) is 14.0 Å². The van der Waals surface area contributed by atoms with Crippen molar-refractivity contribution >= 4 is 55.9 Å². The molecule has 0 atom stereocenters. The molecular formula is C18H11BrClFN2O3S. The van der Waals surface area contributed by atoms with Gasteiger partial charge in [0, 0.05) is 15.4 Å². The van der Waals surface area contributed by atoms with Crippen molar-refractivity contribution in [1.82, 2.24) is 4.98 Å². The number of carbonyl (C=O) groups is 2. The Labute approximate surface area is 171 Å². The van der Waals surface area contributed by atoms with Gasteiger partial charge in [0.05, 0.1) is 16.3 Å². The minimum Gasteiger partial charge on any atom is -0.452 e. The topological polar surface area (TPSA) is 68.3 Å². The molecule has 138 valence electrons. The Hall–Kier alpha value is -2.29. The molecule has 0 saturated carbocycles. The lowest BCUT2D eigenvalue weighted by molar-refractivity contribution is -0.119. The van der Waals surface area contributed by atoms with Crippen LogP contribution in [0.3, 0.4) is 0 Å². The second kappa shape index (κ2) is 8.60. The molecule has 0 aliphatic heterocycles. The van der Waals surface area contributed by atoms with Gasteiger partial charge in [0.15, 0.2) is 11.7 Å². The van der Waals surface area contributed by atoms with Gasteiger partial charge < -0.3 is 4.74 Å². The zero-order valence-electron chi connectivity index (χ0n) is 13.5. The number of hydrogen-bond donors (Lipinski definition) is 1. The number of halogens is 3. The summed E-state index contributed by atoms with van der Waals surface area (Å²) in [6, 6.07) is 10.9. The first-order valence-corrected chi connectivity index (χ1v) is 9.61. The Balaban J connectivity index is 1.57. The molecular weight excluding hydrogens is 459 g/mol. The number of nitrogens with zero attached hydrogens (tertiary/aromatic N) is 1. The average molecular weight is 470 g/mol. The van der Waals surface area contributed by atoms with Crippen LogP contribution < -0.4 is 5.32 Å². The van der Waals surface area contributed by atoms with E-state index in [4.69, 9.17) is 16.3 Å². The van der Waals surface area contributed by atoms with Crippen LogP contribution in [0.15, 0.2) is 52.3 Å². The summed E-state index contributed by atoms with van der Waals surface area (Å²) >= 11 is 10.4. The molecule has 0 unspecified atom stereocenters. The molecule has 9 heteroatoms. The number of hydrogen-bond acceptors (Lipinski definition) is 5. The van der Waals surface area contributed by atoms with E-state index in [2.05, 4.69) is 26.2 Å². The van der Waals surface area contributed by atoms with E-state index in [1.165, 1.54) is 17.4 Å². The van der Waals surface area contributed by atoms with Crippen LogP contribution in [-0.4, -0.2) is 23.5 Å². The lowest BCUT2D eigenvalue weighted by Crippen LogP contribution is -2.21. The Bertz CT molecular complexity index is 1010. The Morgan fingerprint density at radius 1 is 1.26 bits per heavy atom. The molecule has 0 bridgehead atoms. The second-order valence-corrected chi connectivity index (χ2v) is 7.48. The minimum absolute atomic E-state index is 0.0166. The molecule has 1 heterocycles. The van der Waals surface area contributed by atoms with Crippen molar-refractivity contribution in [3.05, 3.63) is 68.7 Å². The average Bonchev–Trinajstić information content (AvgIpc) is 3.08. The molecule has 1 amide bonds. The maximum Gasteiger partial charge on any atom is 0.340 e. The summed E-state index contributed by atoms with van der Waals surface area (Å²) < 4.78 is 18.8. The van der Waals surface area contributed by atoms with Crippen molar-refractivity contribution in [1.29, 1.82) is 0 Å². The van der Waals surface area contributed by atoms with Crippen LogP contribution in [0.5, 0.6) is 0 Å². The van der Waals surface area contributed by atoms with E-state index in [0.717, 1.165) is 22.2 Å². The van der Waals surface area contributed by atoms with Crippen molar-refractivity contribution in [3.63, 3.8) is 0 Å². The van der Waals surface area contributed by atoms with Gasteiger partial charge in [-0.05, 0) is 30.3 Å². The highest BCUT2D eigenvalue weighted by Crippen LogP contribution is 2.26. The van der Waals surface area contributed by atoms with Crippen LogP contribution in [0.25, 0.3) is 11.3 Å². The van der Waals surface area contributed by atoms with Crippen LogP contribution in [-0.2, 0) is 9.53 Å². The Morgan fingerprint density at radius 3 is 2.81 bits per heavy atom. The van der Waals surface area contributed by atoms with Gasteiger partial charge in [-0.3, -0.25) is 10.1 Å². The molecule has 3 aromatic rings. The Morgan fingerprint density at radius 2 is 2.07 bits per heavy atom. The summed E-state index contributed by atoms with van der Waals surface area (Å²) in [6.07, 6.45) is 0. The number of benzene rings is 2. The van der Waals surface area contributed by atoms with Crippen molar-refractivity contribution in [2.45, 2.75) is 0 Å². The number of amides is 1. The van der Waals surface area contributed by atoms with Crippen LogP contribution in [0.4, 0.5) is 9.52 Å². The molecule has 1 aromatic heterocycles. The van der Waals surface area contributed by atoms with E-state index in [1.54, 1.807) is 0 Å². The van der Waals surface area contributed by atoms with Gasteiger partial charge >= 0.3 is 5.97 Å². The minimum atomic E-state index is -0.816. The third-order valence-corrected chi connectivity index (χ3v) is 4.92. The van der Waals surface area contributed by atoms with Crippen molar-refractivity contribution < 1.29 is 18.7 Å². The number of aromatic nitrogens is 1. The first-order chi connectivity index (χ1) is 12.9. The lowest BCUT2D eigenvalue weighted by atomic mass is 10.2. The van der Waals surface area contributed by atoms with Gasteiger partial charge in [-0.15, -0.1) is 11.3 Å². The zero-order valence-corrected chi connectivity index (χ0v) is 16.7. The molecule has 1 N–H and O–H groups in total. The van der Waals surface area contributed by atoms with Gasteiger partial charge in [-0.1, -0.05) is 39.7 Å². The highest BCUT2D eigenvalue weighted by Gasteiger charge is 2.15. The zero-order chi connectivity index (χ0) is 19.4. The summed E-state index contributed by atoms with van der Waals surface area (Å²) in [5.74, 6) is -1.93. The number of anilines is 1. The molecule has 5 nitrogen and oxygen atoms in total. The largest absolute Gasteiger partial charge is 0.452 e. The van der Waals surface area contributed by atoms with E-state index in [-0.39, 0.29) is 10.6 Å². The fourth-order valence-corrected chi connectivity index (χ4v) is 3.51. The molecule has 0 spiro atoms. The SMILES string of the molecule is O=C(COC(=O)c1ccc(F)cc1Cl)Nc1nc(-c2cccc(Br)c2)cs1. The van der Waals surface area contributed by atoms with Crippen LogP contribution in [0.1, 0.15) is 10.4 Å². The van der Waals surface area contributed by atoms with Crippen molar-refractivity contribution in [2.75, 3.05) is 11.9 Å². The predicted octanol–water partition coefficient (Wildman–Crippen LogP) is 5.16. The summed E-state index contributed by atoms with van der Waals surface area (Å²) in [6.45, 7) is -0.516. The normalized spacial score (nSPS) is 10.5. The number of rotatable bonds is 5. The molecule has 0 aliphatic rings. The third-order valence-electron chi connectivity index (χ3n) is 3.36. The molecule has 0 saturated heterocycles. The fraction of sp³-hybridized carbons (Fsp3) is 0.0556. The molecule has 3 rings (SSSR count). The number of nitrogens with one attached hydrogen (secondary N) is 1. The van der Waals surface area contributed by atoms with Gasteiger partial charge in [0.2, 0.25) is 0 Å². The summed E-state index contributed by atoms with van der Waals surface area (Å²) in [5.41, 5.74) is 1.60. The number of carbonyl (C=O) groups excluding carboxylic acids is 2. The number of esters is 1. The van der Waals surface area contributed by atoms with E-state index < -0.39 is 24.3 Å². The first kappa shape index (κ1) is 19.5. The molecule has 2 aromatic carbocycles. The third kappa shape index (κ3) is 5.12. The van der Waals surface area contributed by atoms with Gasteiger partial charge in [-0.2, -0.15) is 0 Å². The van der Waals surface area contributed by atoms with Gasteiger partial charge in [0.25, 0.3) is 5.91 Å². The summed E-state index contributed by atoms with van der Waals surface area (Å²) in [5, 5.41) is 4.67. The second-order valence-electron chi connectivity index (χ2n) is 5.30. The van der Waals surface area contributed by atoms with Gasteiger partial charge in [-0.25, -0.2) is 14.2 Å². The smallest absolute Gasteiger partial charge is 0.340 e. The van der Waals surface area contributed by atoms with Gasteiger partial charge in [0.1, 0.15) is 5.82 Å². The highest BCUT2D eigenvalue weighted by atomic mass is 79.9.